The summed E-state index contributed by atoms with van der Waals surface area (Å²) in [5, 5.41) is 20.2. The first-order valence-electron chi connectivity index (χ1n) is 19.7. The maximum absolute atomic E-state index is 13.7. The molecule has 1 aromatic heterocycles. The molecule has 0 radical (unpaired) electrons. The van der Waals surface area contributed by atoms with E-state index in [9.17, 15) is 38.7 Å². The Morgan fingerprint density at radius 3 is 2.38 bits per heavy atom. The predicted octanol–water partition coefficient (Wildman–Crippen LogP) is -0.0445. The van der Waals surface area contributed by atoms with E-state index in [0.717, 1.165) is 29.0 Å². The standard InChI is InChI=1S/C41H51N9O10/c1-2-11-49(12-13-51)39(57)29-19-28-3-4-30(21-32(28)48-33(42)20-29)41(8-9-41)40(58)47-31-18-27(22-43-24-31)23-45-35(53)25-46-34(52)7-14-59-16-17-60-15-10-44-36(54)26-50-37(55)5-6-38(50)56/h3-6,18-19,21-22,24,51H,2,7-17,20,23,25-26H2,1H3,(H2,42,48)(H,44,54)(H,45,53)(H,46,52)(H,47,58). The van der Waals surface area contributed by atoms with Gasteiger partial charge in [-0.1, -0.05) is 19.1 Å². The Kier molecular flexibility index (Phi) is 16.1. The molecule has 0 bridgehead atoms. The van der Waals surface area contributed by atoms with Gasteiger partial charge in [0, 0.05) is 68.5 Å². The highest BCUT2D eigenvalue weighted by molar-refractivity contribution is 6.14. The highest BCUT2D eigenvalue weighted by atomic mass is 16.5. The van der Waals surface area contributed by atoms with E-state index in [-0.39, 0.29) is 102 Å². The van der Waals surface area contributed by atoms with Crippen LogP contribution in [-0.4, -0.2) is 133 Å². The summed E-state index contributed by atoms with van der Waals surface area (Å²) in [5.74, 6) is -2.50. The molecule has 0 unspecified atom stereocenters. The van der Waals surface area contributed by atoms with Gasteiger partial charge in [-0.15, -0.1) is 0 Å². The SMILES string of the molecule is CCCN(CCO)C(=O)C1=Cc2ccc(C3(C(=O)Nc4cncc(CNC(=O)CNC(=O)CCOCCOCCNC(=O)CN5C(=O)C=CC5=O)c4)CC3)cc2N=C(N)C1. The number of ether oxygens (including phenoxy) is 2. The van der Waals surface area contributed by atoms with Gasteiger partial charge in [-0.05, 0) is 48.6 Å². The average molecular weight is 830 g/mol. The van der Waals surface area contributed by atoms with Crippen molar-refractivity contribution < 1.29 is 48.1 Å². The first-order valence-corrected chi connectivity index (χ1v) is 19.7. The number of hydrogen-bond donors (Lipinski definition) is 6. The van der Waals surface area contributed by atoms with Crippen LogP contribution in [0.1, 0.15) is 55.7 Å². The number of hydrogen-bond acceptors (Lipinski definition) is 13. The van der Waals surface area contributed by atoms with E-state index in [2.05, 4.69) is 31.2 Å². The number of aromatic nitrogens is 1. The number of aliphatic imine (C=N–C) groups is 1. The lowest BCUT2D eigenvalue weighted by atomic mass is 9.92. The molecule has 0 atom stereocenters. The number of nitrogens with zero attached hydrogens (tertiary/aromatic N) is 4. The van der Waals surface area contributed by atoms with Crippen molar-refractivity contribution in [1.29, 1.82) is 0 Å². The second kappa shape index (κ2) is 21.6. The second-order valence-electron chi connectivity index (χ2n) is 14.3. The van der Waals surface area contributed by atoms with Crippen molar-refractivity contribution in [2.45, 2.75) is 51.0 Å². The third-order valence-corrected chi connectivity index (χ3v) is 9.76. The molecule has 5 rings (SSSR count). The number of amidine groups is 1. The molecule has 3 aliphatic rings. The molecule has 0 spiro atoms. The van der Waals surface area contributed by atoms with Crippen molar-refractivity contribution in [3.05, 3.63) is 71.1 Å². The van der Waals surface area contributed by atoms with Crippen LogP contribution in [0.3, 0.4) is 0 Å². The van der Waals surface area contributed by atoms with Crippen molar-refractivity contribution in [2.75, 3.05) is 71.1 Å². The van der Waals surface area contributed by atoms with E-state index in [1.54, 1.807) is 23.2 Å². The molecule has 19 heteroatoms. The number of aliphatic hydroxyl groups excluding tert-OH is 1. The lowest BCUT2D eigenvalue weighted by Crippen LogP contribution is -2.41. The Morgan fingerprint density at radius 1 is 0.917 bits per heavy atom. The van der Waals surface area contributed by atoms with Crippen molar-refractivity contribution in [2.24, 2.45) is 10.7 Å². The summed E-state index contributed by atoms with van der Waals surface area (Å²) in [6, 6.07) is 7.25. The molecule has 0 saturated heterocycles. The Labute approximate surface area is 346 Å². The molecule has 2 aromatic rings. The van der Waals surface area contributed by atoms with Crippen LogP contribution < -0.4 is 27.0 Å². The number of amides is 7. The van der Waals surface area contributed by atoms with Gasteiger partial charge in [0.25, 0.3) is 11.8 Å². The van der Waals surface area contributed by atoms with Crippen LogP contribution in [0.2, 0.25) is 0 Å². The van der Waals surface area contributed by atoms with Gasteiger partial charge in [0.15, 0.2) is 0 Å². The van der Waals surface area contributed by atoms with Crippen LogP contribution >= 0.6 is 0 Å². The van der Waals surface area contributed by atoms with Crippen molar-refractivity contribution >= 4 is 64.6 Å². The molecule has 2 aliphatic heterocycles. The molecular weight excluding hydrogens is 779 g/mol. The van der Waals surface area contributed by atoms with E-state index in [1.165, 1.54) is 6.20 Å². The maximum atomic E-state index is 13.7. The van der Waals surface area contributed by atoms with Crippen molar-refractivity contribution in [3.8, 4) is 0 Å². The number of carbonyl (C=O) groups excluding carboxylic acids is 7. The van der Waals surface area contributed by atoms with Crippen LogP contribution in [0.4, 0.5) is 11.4 Å². The Morgan fingerprint density at radius 2 is 1.67 bits per heavy atom. The Bertz CT molecular complexity index is 2020. The average Bonchev–Trinajstić information content (AvgIpc) is 4.01. The third kappa shape index (κ3) is 12.6. The molecule has 320 valence electrons. The fourth-order valence-corrected chi connectivity index (χ4v) is 6.48. The van der Waals surface area contributed by atoms with Gasteiger partial charge >= 0.3 is 0 Å². The number of nitrogens with two attached hydrogens (primary N) is 1. The highest BCUT2D eigenvalue weighted by Gasteiger charge is 2.51. The zero-order valence-electron chi connectivity index (χ0n) is 33.5. The Hall–Kier alpha value is -6.31. The van der Waals surface area contributed by atoms with E-state index in [4.69, 9.17) is 15.2 Å². The molecule has 1 saturated carbocycles. The summed E-state index contributed by atoms with van der Waals surface area (Å²) in [5.41, 5.74) is 9.07. The second-order valence-corrected chi connectivity index (χ2v) is 14.3. The smallest absolute Gasteiger partial charge is 0.254 e. The largest absolute Gasteiger partial charge is 0.395 e. The molecule has 7 N–H and O–H groups in total. The molecule has 60 heavy (non-hydrogen) atoms. The molecule has 1 aromatic carbocycles. The lowest BCUT2D eigenvalue weighted by Gasteiger charge is -2.22. The predicted molar refractivity (Wildman–Crippen MR) is 218 cm³/mol. The van der Waals surface area contributed by atoms with Crippen molar-refractivity contribution in [1.82, 2.24) is 30.7 Å². The van der Waals surface area contributed by atoms with Gasteiger partial charge in [0.05, 0.1) is 62.6 Å². The molecule has 7 amide bonds. The van der Waals surface area contributed by atoms with Gasteiger partial charge in [-0.25, -0.2) is 4.99 Å². The molecule has 3 heterocycles. The fraction of sp³-hybridized carbons (Fsp3) is 0.439. The number of anilines is 1. The number of fused-ring (bicyclic) bond motifs is 1. The monoisotopic (exact) mass is 829 g/mol. The topological polar surface area (TPSA) is 264 Å². The zero-order chi connectivity index (χ0) is 43.1. The maximum Gasteiger partial charge on any atom is 0.254 e. The van der Waals surface area contributed by atoms with E-state index in [1.807, 2.05) is 25.1 Å². The minimum Gasteiger partial charge on any atom is -0.395 e. The third-order valence-electron chi connectivity index (χ3n) is 9.76. The van der Waals surface area contributed by atoms with Gasteiger partial charge in [0.1, 0.15) is 12.4 Å². The first kappa shape index (κ1) is 44.8. The summed E-state index contributed by atoms with van der Waals surface area (Å²) in [4.78, 5) is 97.7. The highest BCUT2D eigenvalue weighted by Crippen LogP contribution is 2.50. The summed E-state index contributed by atoms with van der Waals surface area (Å²) in [6.07, 6.45) is 9.24. The summed E-state index contributed by atoms with van der Waals surface area (Å²) in [7, 11) is 0. The first-order chi connectivity index (χ1) is 28.9. The number of rotatable bonds is 23. The molecule has 1 aliphatic carbocycles. The van der Waals surface area contributed by atoms with E-state index >= 15 is 0 Å². The van der Waals surface area contributed by atoms with Crippen LogP contribution in [0.5, 0.6) is 0 Å². The molecule has 1 fully saturated rings. The summed E-state index contributed by atoms with van der Waals surface area (Å²) < 4.78 is 10.7. The van der Waals surface area contributed by atoms with Crippen LogP contribution in [-0.2, 0) is 55.0 Å². The van der Waals surface area contributed by atoms with Crippen LogP contribution in [0.25, 0.3) is 6.08 Å². The quantitative estimate of drug-likeness (QED) is 0.0637. The molecular formula is C41H51N9O10. The zero-order valence-corrected chi connectivity index (χ0v) is 33.5. The number of pyridine rings is 1. The summed E-state index contributed by atoms with van der Waals surface area (Å²) in [6.45, 7) is 2.92. The number of imide groups is 1. The Balaban J connectivity index is 0.989. The van der Waals surface area contributed by atoms with Crippen molar-refractivity contribution in [3.63, 3.8) is 0 Å². The van der Waals surface area contributed by atoms with Gasteiger partial charge in [-0.2, -0.15) is 0 Å². The minimum absolute atomic E-state index is 0.0229. The van der Waals surface area contributed by atoms with Crippen LogP contribution in [0, 0.1) is 0 Å². The van der Waals surface area contributed by atoms with Gasteiger partial charge in [-0.3, -0.25) is 43.4 Å². The van der Waals surface area contributed by atoms with Gasteiger partial charge in [0.2, 0.25) is 29.5 Å². The fourth-order valence-electron chi connectivity index (χ4n) is 6.48. The number of benzene rings is 1. The lowest BCUT2D eigenvalue weighted by molar-refractivity contribution is -0.141. The molecule has 19 nitrogen and oxygen atoms in total. The van der Waals surface area contributed by atoms with E-state index in [0.29, 0.717) is 47.5 Å². The minimum atomic E-state index is -0.782. The summed E-state index contributed by atoms with van der Waals surface area (Å²) >= 11 is 0. The number of carbonyl (C=O) groups is 7. The van der Waals surface area contributed by atoms with Crippen LogP contribution in [0.15, 0.2) is 59.4 Å². The number of nitrogens with one attached hydrogen (secondary N) is 4. The van der Waals surface area contributed by atoms with Gasteiger partial charge < -0.3 is 46.5 Å². The normalized spacial score (nSPS) is 15.0. The number of aliphatic hydroxyl groups is 1. The van der Waals surface area contributed by atoms with E-state index < -0.39 is 29.0 Å².